The van der Waals surface area contributed by atoms with Crippen molar-refractivity contribution in [3.8, 4) is 11.5 Å². The SMILES string of the molecule is CCCOc1c(Cl)cc(/C=N\n2c(=S)[nH]nc(C(C)(C)C)c2=O)cc1OCC. The zero-order chi connectivity index (χ0) is 20.9. The second-order valence-electron chi connectivity index (χ2n) is 7.10. The molecule has 0 atom stereocenters. The molecule has 152 valence electrons. The lowest BCUT2D eigenvalue weighted by atomic mass is 9.93. The van der Waals surface area contributed by atoms with Crippen molar-refractivity contribution in [2.24, 2.45) is 5.10 Å². The largest absolute Gasteiger partial charge is 0.490 e. The summed E-state index contributed by atoms with van der Waals surface area (Å²) in [6, 6.07) is 3.45. The van der Waals surface area contributed by atoms with Crippen LogP contribution in [0.25, 0.3) is 0 Å². The van der Waals surface area contributed by atoms with Crippen LogP contribution in [0.3, 0.4) is 0 Å². The predicted molar refractivity (Wildman–Crippen MR) is 114 cm³/mol. The maximum atomic E-state index is 12.7. The first kappa shape index (κ1) is 22.1. The van der Waals surface area contributed by atoms with Gasteiger partial charge < -0.3 is 9.47 Å². The minimum absolute atomic E-state index is 0.105. The van der Waals surface area contributed by atoms with Crippen LogP contribution in [0.1, 0.15) is 52.3 Å². The monoisotopic (exact) mass is 424 g/mol. The summed E-state index contributed by atoms with van der Waals surface area (Å²) in [5.41, 5.74) is 0.172. The van der Waals surface area contributed by atoms with Crippen LogP contribution < -0.4 is 15.0 Å². The maximum Gasteiger partial charge on any atom is 0.297 e. The van der Waals surface area contributed by atoms with E-state index in [2.05, 4.69) is 15.3 Å². The van der Waals surface area contributed by atoms with Gasteiger partial charge in [0.05, 0.1) is 24.5 Å². The number of rotatable bonds is 7. The van der Waals surface area contributed by atoms with Crippen molar-refractivity contribution >= 4 is 30.0 Å². The predicted octanol–water partition coefficient (Wildman–Crippen LogP) is 4.32. The Labute approximate surface area is 174 Å². The molecular formula is C19H25ClN4O3S. The molecule has 1 N–H and O–H groups in total. The summed E-state index contributed by atoms with van der Waals surface area (Å²) < 4.78 is 12.5. The van der Waals surface area contributed by atoms with Crippen LogP contribution in [-0.2, 0) is 5.41 Å². The zero-order valence-corrected chi connectivity index (χ0v) is 18.3. The fourth-order valence-corrected chi connectivity index (χ4v) is 2.83. The Morgan fingerprint density at radius 2 is 2.04 bits per heavy atom. The summed E-state index contributed by atoms with van der Waals surface area (Å²) in [5, 5.41) is 11.4. The summed E-state index contributed by atoms with van der Waals surface area (Å²) in [6.45, 7) is 10.6. The molecule has 0 saturated carbocycles. The Morgan fingerprint density at radius 1 is 1.32 bits per heavy atom. The Bertz CT molecular complexity index is 977. The van der Waals surface area contributed by atoms with Crippen LogP contribution in [-0.4, -0.2) is 34.3 Å². The van der Waals surface area contributed by atoms with Gasteiger partial charge in [-0.15, -0.1) is 0 Å². The minimum Gasteiger partial charge on any atom is -0.490 e. The van der Waals surface area contributed by atoms with Gasteiger partial charge in [-0.2, -0.15) is 14.9 Å². The van der Waals surface area contributed by atoms with E-state index >= 15 is 0 Å². The van der Waals surface area contributed by atoms with E-state index < -0.39 is 5.41 Å². The van der Waals surface area contributed by atoms with Crippen molar-refractivity contribution in [2.75, 3.05) is 13.2 Å². The number of ether oxygens (including phenoxy) is 2. The van der Waals surface area contributed by atoms with Gasteiger partial charge in [-0.25, -0.2) is 0 Å². The van der Waals surface area contributed by atoms with E-state index in [0.29, 0.717) is 41.0 Å². The van der Waals surface area contributed by atoms with Crippen LogP contribution in [0, 0.1) is 4.77 Å². The molecule has 2 aromatic rings. The number of halogens is 1. The van der Waals surface area contributed by atoms with Crippen molar-refractivity contribution in [2.45, 2.75) is 46.5 Å². The third kappa shape index (κ3) is 5.20. The first-order chi connectivity index (χ1) is 13.2. The Hall–Kier alpha value is -2.19. The van der Waals surface area contributed by atoms with Gasteiger partial charge in [0.1, 0.15) is 5.69 Å². The molecule has 1 aromatic carbocycles. The highest BCUT2D eigenvalue weighted by Gasteiger charge is 2.21. The Morgan fingerprint density at radius 3 is 2.64 bits per heavy atom. The number of nitrogens with one attached hydrogen (secondary N) is 1. The average Bonchev–Trinajstić information content (AvgIpc) is 2.60. The first-order valence-corrected chi connectivity index (χ1v) is 9.83. The highest BCUT2D eigenvalue weighted by molar-refractivity contribution is 7.71. The summed E-state index contributed by atoms with van der Waals surface area (Å²) in [4.78, 5) is 12.7. The van der Waals surface area contributed by atoms with Crippen LogP contribution >= 0.6 is 23.8 Å². The van der Waals surface area contributed by atoms with Gasteiger partial charge in [0.2, 0.25) is 4.77 Å². The molecule has 0 aliphatic heterocycles. The minimum atomic E-state index is -0.447. The van der Waals surface area contributed by atoms with Gasteiger partial charge >= 0.3 is 0 Å². The Balaban J connectivity index is 2.47. The molecular weight excluding hydrogens is 400 g/mol. The summed E-state index contributed by atoms with van der Waals surface area (Å²) >= 11 is 11.5. The first-order valence-electron chi connectivity index (χ1n) is 9.04. The normalized spacial score (nSPS) is 11.8. The summed E-state index contributed by atoms with van der Waals surface area (Å²) in [6.07, 6.45) is 2.35. The summed E-state index contributed by atoms with van der Waals surface area (Å²) in [7, 11) is 0. The van der Waals surface area contributed by atoms with E-state index in [-0.39, 0.29) is 10.3 Å². The van der Waals surface area contributed by atoms with E-state index in [1.807, 2.05) is 34.6 Å². The fraction of sp³-hybridized carbons (Fsp3) is 0.474. The molecule has 0 unspecified atom stereocenters. The second kappa shape index (κ2) is 9.34. The van der Waals surface area contributed by atoms with Crippen LogP contribution in [0.4, 0.5) is 0 Å². The third-order valence-electron chi connectivity index (χ3n) is 3.67. The standard InChI is InChI=1S/C19H25ClN4O3S/c1-6-8-27-15-13(20)9-12(10-14(15)26-7-2)11-21-24-17(25)16(19(3,4)5)22-23-18(24)28/h9-11H,6-8H2,1-5H3,(H,23,28)/b21-11-. The molecule has 0 amide bonds. The number of H-pyrrole nitrogens is 1. The molecule has 1 heterocycles. The van der Waals surface area contributed by atoms with Crippen molar-refractivity contribution in [1.29, 1.82) is 0 Å². The van der Waals surface area contributed by atoms with Crippen LogP contribution in [0.2, 0.25) is 5.02 Å². The zero-order valence-electron chi connectivity index (χ0n) is 16.7. The molecule has 0 saturated heterocycles. The number of hydrogen-bond donors (Lipinski definition) is 1. The van der Waals surface area contributed by atoms with Gasteiger partial charge in [-0.05, 0) is 43.3 Å². The summed E-state index contributed by atoms with van der Waals surface area (Å²) in [5.74, 6) is 1.02. The Kier molecular flexibility index (Phi) is 7.37. The maximum absolute atomic E-state index is 12.7. The molecule has 0 aliphatic carbocycles. The van der Waals surface area contributed by atoms with Crippen molar-refractivity contribution in [1.82, 2.24) is 14.9 Å². The van der Waals surface area contributed by atoms with Gasteiger partial charge in [-0.3, -0.25) is 9.89 Å². The molecule has 0 bridgehead atoms. The van der Waals surface area contributed by atoms with Gasteiger partial charge in [-0.1, -0.05) is 39.3 Å². The van der Waals surface area contributed by atoms with Crippen LogP contribution in [0.5, 0.6) is 11.5 Å². The lowest BCUT2D eigenvalue weighted by Crippen LogP contribution is -2.32. The lowest BCUT2D eigenvalue weighted by Gasteiger charge is -2.16. The molecule has 7 nitrogen and oxygen atoms in total. The number of hydrogen-bond acceptors (Lipinski definition) is 6. The molecule has 0 radical (unpaired) electrons. The molecule has 2 rings (SSSR count). The van der Waals surface area contributed by atoms with Crippen molar-refractivity contribution in [3.63, 3.8) is 0 Å². The van der Waals surface area contributed by atoms with Gasteiger partial charge in [0.25, 0.3) is 5.56 Å². The molecule has 28 heavy (non-hydrogen) atoms. The lowest BCUT2D eigenvalue weighted by molar-refractivity contribution is 0.277. The topological polar surface area (TPSA) is 81.5 Å². The van der Waals surface area contributed by atoms with Crippen molar-refractivity contribution < 1.29 is 9.47 Å². The van der Waals surface area contributed by atoms with Crippen molar-refractivity contribution in [3.05, 3.63) is 43.5 Å². The van der Waals surface area contributed by atoms with E-state index in [1.54, 1.807) is 12.1 Å². The molecule has 0 fully saturated rings. The van der Waals surface area contributed by atoms with Crippen LogP contribution in [0.15, 0.2) is 22.0 Å². The van der Waals surface area contributed by atoms with E-state index in [1.165, 1.54) is 6.21 Å². The second-order valence-corrected chi connectivity index (χ2v) is 7.89. The number of aromatic nitrogens is 3. The fourth-order valence-electron chi connectivity index (χ4n) is 2.38. The molecule has 0 aliphatic rings. The number of aromatic amines is 1. The van der Waals surface area contributed by atoms with Gasteiger partial charge in [0.15, 0.2) is 11.5 Å². The highest BCUT2D eigenvalue weighted by atomic mass is 35.5. The highest BCUT2D eigenvalue weighted by Crippen LogP contribution is 2.36. The number of nitrogens with zero attached hydrogens (tertiary/aromatic N) is 3. The average molecular weight is 425 g/mol. The number of benzene rings is 1. The quantitative estimate of drug-likeness (QED) is 0.528. The third-order valence-corrected chi connectivity index (χ3v) is 4.21. The van der Waals surface area contributed by atoms with Gasteiger partial charge in [0, 0.05) is 5.41 Å². The van der Waals surface area contributed by atoms with E-state index in [9.17, 15) is 4.79 Å². The smallest absolute Gasteiger partial charge is 0.297 e. The van der Waals surface area contributed by atoms with E-state index in [4.69, 9.17) is 33.3 Å². The molecule has 9 heteroatoms. The molecule has 0 spiro atoms. The van der Waals surface area contributed by atoms with E-state index in [0.717, 1.165) is 11.1 Å². The molecule has 1 aromatic heterocycles.